The van der Waals surface area contributed by atoms with Gasteiger partial charge in [-0.1, -0.05) is 13.0 Å². The Morgan fingerprint density at radius 3 is 2.52 bits per heavy atom. The van der Waals surface area contributed by atoms with E-state index in [4.69, 9.17) is 0 Å². The largest absolute Gasteiger partial charge is 0.443 e. The van der Waals surface area contributed by atoms with Gasteiger partial charge in [0, 0.05) is 22.7 Å². The van der Waals surface area contributed by atoms with Gasteiger partial charge in [0.2, 0.25) is 0 Å². The van der Waals surface area contributed by atoms with Gasteiger partial charge in [-0.15, -0.1) is 11.3 Å². The van der Waals surface area contributed by atoms with Crippen molar-refractivity contribution in [3.8, 4) is 0 Å². The number of hydrogen-bond acceptors (Lipinski definition) is 3. The molecule has 2 aromatic rings. The minimum atomic E-state index is -4.54. The molecule has 0 radical (unpaired) electrons. The van der Waals surface area contributed by atoms with Gasteiger partial charge in [-0.2, -0.15) is 13.2 Å². The van der Waals surface area contributed by atoms with Crippen molar-refractivity contribution >= 4 is 11.3 Å². The van der Waals surface area contributed by atoms with Crippen LogP contribution in [0.2, 0.25) is 0 Å². The van der Waals surface area contributed by atoms with Crippen LogP contribution in [0.3, 0.4) is 0 Å². The van der Waals surface area contributed by atoms with Gasteiger partial charge in [0.15, 0.2) is 5.01 Å². The number of halogens is 5. The van der Waals surface area contributed by atoms with Crippen molar-refractivity contribution in [2.45, 2.75) is 19.1 Å². The molecule has 1 aromatic carbocycles. The molecule has 0 aliphatic rings. The Morgan fingerprint density at radius 2 is 2.00 bits per heavy atom. The molecule has 0 bridgehead atoms. The average molecular weight is 322 g/mol. The number of aromatic nitrogens is 1. The van der Waals surface area contributed by atoms with E-state index in [1.165, 1.54) is 6.07 Å². The molecule has 0 amide bonds. The number of nitrogens with zero attached hydrogens (tertiary/aromatic N) is 1. The molecule has 0 fully saturated rings. The lowest BCUT2D eigenvalue weighted by Crippen LogP contribution is -2.22. The van der Waals surface area contributed by atoms with Crippen LogP contribution in [0.25, 0.3) is 0 Å². The molecular weight excluding hydrogens is 311 g/mol. The first-order valence-electron chi connectivity index (χ1n) is 6.04. The Labute approximate surface area is 121 Å². The molecule has 1 atom stereocenters. The number of nitrogens with one attached hydrogen (secondary N) is 1. The molecule has 21 heavy (non-hydrogen) atoms. The molecule has 0 saturated carbocycles. The van der Waals surface area contributed by atoms with Crippen LogP contribution in [0.5, 0.6) is 0 Å². The third-order valence-electron chi connectivity index (χ3n) is 2.73. The van der Waals surface area contributed by atoms with Crippen molar-refractivity contribution in [2.75, 3.05) is 6.54 Å². The van der Waals surface area contributed by atoms with Gasteiger partial charge in [0.1, 0.15) is 11.6 Å². The minimum absolute atomic E-state index is 0.0793. The van der Waals surface area contributed by atoms with E-state index >= 15 is 0 Å². The van der Waals surface area contributed by atoms with E-state index in [9.17, 15) is 22.0 Å². The lowest BCUT2D eigenvalue weighted by molar-refractivity contribution is -0.137. The summed E-state index contributed by atoms with van der Waals surface area (Å²) in [6.07, 6.45) is -3.48. The fraction of sp³-hybridized carbons (Fsp3) is 0.308. The van der Waals surface area contributed by atoms with Crippen molar-refractivity contribution in [2.24, 2.45) is 0 Å². The summed E-state index contributed by atoms with van der Waals surface area (Å²) in [5.41, 5.74) is 0.0793. The first kappa shape index (κ1) is 15.8. The monoisotopic (exact) mass is 322 g/mol. The highest BCUT2D eigenvalue weighted by Crippen LogP contribution is 2.36. The summed E-state index contributed by atoms with van der Waals surface area (Å²) in [5, 5.41) is 1.88. The lowest BCUT2D eigenvalue weighted by atomic mass is 10.1. The molecule has 1 unspecified atom stereocenters. The molecule has 0 aliphatic carbocycles. The average Bonchev–Trinajstić information content (AvgIpc) is 2.86. The van der Waals surface area contributed by atoms with Crippen molar-refractivity contribution in [1.29, 1.82) is 0 Å². The van der Waals surface area contributed by atoms with Crippen molar-refractivity contribution in [3.63, 3.8) is 0 Å². The normalized spacial score (nSPS) is 13.4. The number of thiazole rings is 1. The second-order valence-corrected chi connectivity index (χ2v) is 5.28. The van der Waals surface area contributed by atoms with Gasteiger partial charge in [-0.25, -0.2) is 13.8 Å². The third-order valence-corrected chi connectivity index (χ3v) is 3.84. The topological polar surface area (TPSA) is 24.9 Å². The van der Waals surface area contributed by atoms with Crippen LogP contribution in [-0.4, -0.2) is 11.5 Å². The van der Waals surface area contributed by atoms with Crippen LogP contribution in [0.15, 0.2) is 24.4 Å². The minimum Gasteiger partial charge on any atom is -0.306 e. The van der Waals surface area contributed by atoms with Crippen LogP contribution < -0.4 is 5.32 Å². The van der Waals surface area contributed by atoms with Crippen LogP contribution >= 0.6 is 11.3 Å². The van der Waals surface area contributed by atoms with Crippen LogP contribution in [0, 0.1) is 11.6 Å². The molecular formula is C13H11F5N2S. The second-order valence-electron chi connectivity index (χ2n) is 4.22. The van der Waals surface area contributed by atoms with E-state index in [-0.39, 0.29) is 10.4 Å². The molecule has 0 aliphatic heterocycles. The summed E-state index contributed by atoms with van der Waals surface area (Å²) in [7, 11) is 0. The van der Waals surface area contributed by atoms with E-state index in [1.54, 1.807) is 6.92 Å². The summed E-state index contributed by atoms with van der Waals surface area (Å²) < 4.78 is 64.5. The highest BCUT2D eigenvalue weighted by molar-refractivity contribution is 7.11. The third kappa shape index (κ3) is 3.56. The fourth-order valence-corrected chi connectivity index (χ4v) is 2.73. The van der Waals surface area contributed by atoms with Gasteiger partial charge < -0.3 is 5.32 Å². The molecule has 1 N–H and O–H groups in total. The van der Waals surface area contributed by atoms with Crippen LogP contribution in [-0.2, 0) is 6.18 Å². The molecule has 0 spiro atoms. The molecule has 0 saturated heterocycles. The summed E-state index contributed by atoms with van der Waals surface area (Å²) in [5.74, 6) is -1.56. The quantitative estimate of drug-likeness (QED) is 0.856. The molecule has 2 rings (SSSR count). The van der Waals surface area contributed by atoms with E-state index in [0.29, 0.717) is 23.9 Å². The number of benzene rings is 1. The molecule has 2 nitrogen and oxygen atoms in total. The van der Waals surface area contributed by atoms with Crippen LogP contribution in [0.4, 0.5) is 22.0 Å². The summed E-state index contributed by atoms with van der Waals surface area (Å²) in [6, 6.07) is 2.18. The number of alkyl halides is 3. The Balaban J connectivity index is 2.41. The van der Waals surface area contributed by atoms with Gasteiger partial charge >= 0.3 is 6.18 Å². The Kier molecular flexibility index (Phi) is 4.58. The molecule has 8 heteroatoms. The zero-order valence-electron chi connectivity index (χ0n) is 10.8. The van der Waals surface area contributed by atoms with E-state index in [2.05, 4.69) is 10.3 Å². The lowest BCUT2D eigenvalue weighted by Gasteiger charge is -2.17. The van der Waals surface area contributed by atoms with Gasteiger partial charge in [0.05, 0.1) is 6.04 Å². The number of hydrogen-bond donors (Lipinski definition) is 1. The molecule has 114 valence electrons. The number of rotatable bonds is 4. The van der Waals surface area contributed by atoms with E-state index in [0.717, 1.165) is 12.3 Å². The zero-order chi connectivity index (χ0) is 15.6. The SMILES string of the molecule is CCNC(c1cnc(C(F)(F)F)s1)c1ccc(F)cc1F. The van der Waals surface area contributed by atoms with Gasteiger partial charge in [-0.05, 0) is 12.6 Å². The Bertz CT molecular complexity index is 623. The smallest absolute Gasteiger partial charge is 0.306 e. The van der Waals surface area contributed by atoms with Crippen molar-refractivity contribution in [1.82, 2.24) is 10.3 Å². The second kappa shape index (κ2) is 6.07. The maximum Gasteiger partial charge on any atom is 0.443 e. The van der Waals surface area contributed by atoms with Crippen LogP contribution in [0.1, 0.15) is 28.4 Å². The summed E-state index contributed by atoms with van der Waals surface area (Å²) in [4.78, 5) is 3.54. The van der Waals surface area contributed by atoms with Gasteiger partial charge in [0.25, 0.3) is 0 Å². The first-order valence-corrected chi connectivity index (χ1v) is 6.85. The van der Waals surface area contributed by atoms with E-state index in [1.807, 2.05) is 0 Å². The Hall–Kier alpha value is -1.54. The maximum atomic E-state index is 13.8. The summed E-state index contributed by atoms with van der Waals surface area (Å²) in [6.45, 7) is 2.14. The summed E-state index contributed by atoms with van der Waals surface area (Å²) >= 11 is 0.437. The molecule has 1 aromatic heterocycles. The highest BCUT2D eigenvalue weighted by atomic mass is 32.1. The first-order chi connectivity index (χ1) is 9.82. The van der Waals surface area contributed by atoms with E-state index < -0.39 is 28.9 Å². The predicted octanol–water partition coefficient (Wildman–Crippen LogP) is 4.14. The predicted molar refractivity (Wildman–Crippen MR) is 69.0 cm³/mol. The standard InChI is InChI=1S/C13H11F5N2S/c1-2-19-11(8-4-3-7(14)5-9(8)15)10-6-20-12(21-10)13(16,17)18/h3-6,11,19H,2H2,1H3. The molecule has 1 heterocycles. The zero-order valence-corrected chi connectivity index (χ0v) is 11.7. The highest BCUT2D eigenvalue weighted by Gasteiger charge is 2.35. The van der Waals surface area contributed by atoms with Crippen molar-refractivity contribution < 1.29 is 22.0 Å². The van der Waals surface area contributed by atoms with Crippen molar-refractivity contribution in [3.05, 3.63) is 51.5 Å². The Morgan fingerprint density at radius 1 is 1.29 bits per heavy atom. The maximum absolute atomic E-state index is 13.8. The fourth-order valence-electron chi connectivity index (χ4n) is 1.85. The van der Waals surface area contributed by atoms with Gasteiger partial charge in [-0.3, -0.25) is 0 Å².